The zero-order valence-corrected chi connectivity index (χ0v) is 38.8. The highest BCUT2D eigenvalue weighted by Gasteiger charge is 2.61. The van der Waals surface area contributed by atoms with Crippen molar-refractivity contribution in [3.05, 3.63) is 90.3 Å². The third kappa shape index (κ3) is 8.47. The van der Waals surface area contributed by atoms with E-state index in [4.69, 9.17) is 14.5 Å². The number of carbonyl (C=O) groups is 6. The molecule has 0 unspecified atom stereocenters. The zero-order valence-electron chi connectivity index (χ0n) is 38.8. The van der Waals surface area contributed by atoms with Gasteiger partial charge in [-0.1, -0.05) is 64.6 Å². The molecule has 66 heavy (non-hydrogen) atoms. The van der Waals surface area contributed by atoms with Crippen LogP contribution < -0.4 is 16.1 Å². The largest absolute Gasteiger partial charge is 0.464 e. The van der Waals surface area contributed by atoms with Crippen LogP contribution >= 0.6 is 0 Å². The highest BCUT2D eigenvalue weighted by molar-refractivity contribution is 6.12. The van der Waals surface area contributed by atoms with E-state index in [-0.39, 0.29) is 44.7 Å². The summed E-state index contributed by atoms with van der Waals surface area (Å²) in [6.07, 6.45) is 4.20. The molecule has 16 nitrogen and oxygen atoms in total. The highest BCUT2D eigenvalue weighted by atomic mass is 16.5. The maximum absolute atomic E-state index is 14.7. The van der Waals surface area contributed by atoms with E-state index in [0.29, 0.717) is 25.8 Å². The molecular weight excluding hydrogens is 841 g/mol. The summed E-state index contributed by atoms with van der Waals surface area (Å²) in [4.78, 5) is 90.0. The molecule has 16 heteroatoms. The molecule has 2 aromatic heterocycles. The summed E-state index contributed by atoms with van der Waals surface area (Å²) < 4.78 is 14.2. The van der Waals surface area contributed by atoms with E-state index in [9.17, 15) is 28.8 Å². The average Bonchev–Trinajstić information content (AvgIpc) is 3.74. The highest BCUT2D eigenvalue weighted by Crippen LogP contribution is 2.42. The number of amides is 6. The number of pyridine rings is 1. The lowest BCUT2D eigenvalue weighted by atomic mass is 9.84. The van der Waals surface area contributed by atoms with Crippen molar-refractivity contribution < 1.29 is 38.2 Å². The molecular formula is C50H60N8O8. The number of hydrogen-bond donors (Lipinski definition) is 3. The van der Waals surface area contributed by atoms with E-state index in [0.717, 1.165) is 61.1 Å². The van der Waals surface area contributed by atoms with E-state index in [1.165, 1.54) is 9.91 Å². The van der Waals surface area contributed by atoms with Crippen molar-refractivity contribution in [1.82, 2.24) is 40.4 Å². The first kappa shape index (κ1) is 46.2. The van der Waals surface area contributed by atoms with Crippen molar-refractivity contribution in [2.24, 2.45) is 11.3 Å². The molecule has 348 valence electrons. The van der Waals surface area contributed by atoms with Gasteiger partial charge in [-0.3, -0.25) is 34.0 Å². The second-order valence-electron chi connectivity index (χ2n) is 19.1. The van der Waals surface area contributed by atoms with Crippen molar-refractivity contribution in [3.8, 4) is 22.4 Å². The number of ether oxygens (including phenoxy) is 2. The summed E-state index contributed by atoms with van der Waals surface area (Å²) in [5.74, 6) is -3.21. The molecule has 6 bridgehead atoms. The lowest BCUT2D eigenvalue weighted by Gasteiger charge is -2.45. The Morgan fingerprint density at radius 3 is 2.52 bits per heavy atom. The van der Waals surface area contributed by atoms with Gasteiger partial charge in [0.15, 0.2) is 5.54 Å². The third-order valence-electron chi connectivity index (χ3n) is 13.4. The number of aromatic nitrogens is 2. The van der Waals surface area contributed by atoms with Crippen LogP contribution in [-0.4, -0.2) is 117 Å². The molecule has 3 N–H and O–H groups in total. The number of likely N-dealkylation sites (tertiary alicyclic amines) is 1. The first-order valence-corrected chi connectivity index (χ1v) is 22.8. The molecule has 0 saturated carbocycles. The summed E-state index contributed by atoms with van der Waals surface area (Å²) in [5.41, 5.74) is 8.76. The molecule has 0 radical (unpaired) electrons. The van der Waals surface area contributed by atoms with Crippen LogP contribution in [0.1, 0.15) is 77.3 Å². The predicted molar refractivity (Wildman–Crippen MR) is 247 cm³/mol. The summed E-state index contributed by atoms with van der Waals surface area (Å²) in [5, 5.41) is 8.07. The fourth-order valence-electron chi connectivity index (χ4n) is 9.96. The van der Waals surface area contributed by atoms with Crippen LogP contribution in [0.25, 0.3) is 33.3 Å². The minimum atomic E-state index is -1.36. The number of esters is 1. The Kier molecular flexibility index (Phi) is 12.7. The second kappa shape index (κ2) is 18.1. The average molecular weight is 901 g/mol. The van der Waals surface area contributed by atoms with Crippen molar-refractivity contribution in [1.29, 1.82) is 0 Å². The number of fused-ring (bicyclic) bond motifs is 6. The van der Waals surface area contributed by atoms with Gasteiger partial charge in [0.25, 0.3) is 11.8 Å². The molecule has 2 aromatic carbocycles. The Labute approximate surface area is 385 Å². The third-order valence-corrected chi connectivity index (χ3v) is 13.4. The Morgan fingerprint density at radius 1 is 1.05 bits per heavy atom. The summed E-state index contributed by atoms with van der Waals surface area (Å²) in [6, 6.07) is 14.2. The van der Waals surface area contributed by atoms with Gasteiger partial charge in [0.2, 0.25) is 11.8 Å². The SMILES string of the molecule is C=CC(=O)N1CC2(C1)NC(=O)N([C@H](C(=O)N[C@H]1Cc3cccc(c3)-c3ccc4c(c3)c(c(-c3cccnc3[C@H](C)OC)n4CC)CC(C)(C)COC(=O)[C@@H]3CCCN(N3)C1=O)C(C)C)C2=O. The second-order valence-corrected chi connectivity index (χ2v) is 19.1. The Hall–Kier alpha value is -6.39. The Bertz CT molecular complexity index is 2610. The lowest BCUT2D eigenvalue weighted by Crippen LogP contribution is -2.72. The number of hydrogen-bond acceptors (Lipinski definition) is 10. The van der Waals surface area contributed by atoms with Crippen LogP contribution in [0.2, 0.25) is 0 Å². The van der Waals surface area contributed by atoms with Gasteiger partial charge < -0.3 is 29.6 Å². The van der Waals surface area contributed by atoms with Crippen LogP contribution in [0.3, 0.4) is 0 Å². The van der Waals surface area contributed by atoms with Gasteiger partial charge in [0, 0.05) is 54.7 Å². The van der Waals surface area contributed by atoms with Gasteiger partial charge in [-0.05, 0) is 91.6 Å². The van der Waals surface area contributed by atoms with Gasteiger partial charge in [-0.15, -0.1) is 0 Å². The molecule has 4 aromatic rings. The number of aryl methyl sites for hydroxylation is 1. The summed E-state index contributed by atoms with van der Waals surface area (Å²) in [6.45, 7) is 16.2. The minimum absolute atomic E-state index is 0.0521. The number of urea groups is 1. The molecule has 6 heterocycles. The first-order valence-electron chi connectivity index (χ1n) is 22.8. The van der Waals surface area contributed by atoms with Gasteiger partial charge in [0.1, 0.15) is 18.1 Å². The normalized spacial score (nSPS) is 21.5. The van der Waals surface area contributed by atoms with Crippen LogP contribution in [0.4, 0.5) is 4.79 Å². The molecule has 3 fully saturated rings. The fraction of sp³-hybridized carbons (Fsp3) is 0.460. The number of hydrazine groups is 1. The smallest absolute Gasteiger partial charge is 0.325 e. The molecule has 4 aliphatic rings. The quantitative estimate of drug-likeness (QED) is 0.116. The van der Waals surface area contributed by atoms with E-state index < -0.39 is 64.7 Å². The van der Waals surface area contributed by atoms with E-state index in [2.05, 4.69) is 72.2 Å². The van der Waals surface area contributed by atoms with E-state index >= 15 is 0 Å². The molecule has 8 rings (SSSR count). The predicted octanol–water partition coefficient (Wildman–Crippen LogP) is 5.09. The van der Waals surface area contributed by atoms with Gasteiger partial charge in [0.05, 0.1) is 37.2 Å². The zero-order chi connectivity index (χ0) is 47.2. The lowest BCUT2D eigenvalue weighted by molar-refractivity contribution is -0.155. The van der Waals surface area contributed by atoms with Crippen molar-refractivity contribution in [3.63, 3.8) is 0 Å². The minimum Gasteiger partial charge on any atom is -0.464 e. The number of nitrogens with zero attached hydrogens (tertiary/aromatic N) is 5. The van der Waals surface area contributed by atoms with Gasteiger partial charge >= 0.3 is 12.0 Å². The van der Waals surface area contributed by atoms with Crippen LogP contribution in [0, 0.1) is 11.3 Å². The number of imide groups is 1. The molecule has 1 spiro atoms. The summed E-state index contributed by atoms with van der Waals surface area (Å²) in [7, 11) is 1.68. The molecule has 6 amide bonds. The Morgan fingerprint density at radius 2 is 1.80 bits per heavy atom. The maximum Gasteiger partial charge on any atom is 0.325 e. The van der Waals surface area contributed by atoms with Crippen LogP contribution in [0.15, 0.2) is 73.4 Å². The van der Waals surface area contributed by atoms with Crippen LogP contribution in [0.5, 0.6) is 0 Å². The van der Waals surface area contributed by atoms with Crippen LogP contribution in [-0.2, 0) is 52.8 Å². The number of rotatable bonds is 9. The maximum atomic E-state index is 14.7. The topological polar surface area (TPSA) is 185 Å². The van der Waals surface area contributed by atoms with Crippen molar-refractivity contribution in [2.45, 2.75) is 104 Å². The van der Waals surface area contributed by atoms with Gasteiger partial charge in [-0.25, -0.2) is 15.1 Å². The monoisotopic (exact) mass is 900 g/mol. The molecule has 4 aliphatic heterocycles. The standard InChI is InChI=1S/C50H60N8O8/c1-9-40(59)55-26-50(27-55)47(63)58(48(64)53-50)42(29(3)4)44(60)52-38-23-31-14-11-15-32(22-31)33-18-19-39-35(24-33)36(43(56(39)10-2)34-16-12-20-51-41(34)30(5)65-8)25-49(6,7)28-66-46(62)37-17-13-21-57(54-37)45(38)61/h9,11-12,14-16,18-20,22,24,29-30,37-38,42,54H,1,10,13,17,21,23,25-28H2,2-8H3,(H,52,60)(H,53,64)/t30-,37-,38-,42-/m0/s1. The molecule has 4 atom stereocenters. The number of nitrogens with one attached hydrogen (secondary N) is 3. The van der Waals surface area contributed by atoms with Gasteiger partial charge in [-0.2, -0.15) is 0 Å². The number of benzene rings is 2. The van der Waals surface area contributed by atoms with Crippen molar-refractivity contribution >= 4 is 46.5 Å². The fourth-order valence-corrected chi connectivity index (χ4v) is 9.96. The number of methoxy groups -OCH3 is 1. The van der Waals surface area contributed by atoms with E-state index in [1.807, 2.05) is 37.3 Å². The first-order chi connectivity index (χ1) is 31.5. The number of carbonyl (C=O) groups excluding carboxylic acids is 6. The number of cyclic esters (lactones) is 1. The molecule has 0 aliphatic carbocycles. The van der Waals surface area contributed by atoms with Crippen molar-refractivity contribution in [2.75, 3.05) is 33.4 Å². The molecule has 3 saturated heterocycles. The summed E-state index contributed by atoms with van der Waals surface area (Å²) >= 11 is 0. The Balaban J connectivity index is 1.19. The van der Waals surface area contributed by atoms with E-state index in [1.54, 1.807) is 27.2 Å².